The molecule has 4 aliphatic heterocycles. The van der Waals surface area contributed by atoms with E-state index >= 15 is 0 Å². The van der Waals surface area contributed by atoms with Gasteiger partial charge in [0.15, 0.2) is 31.1 Å². The molecule has 3 amide bonds. The number of hydrazine groups is 1. The van der Waals surface area contributed by atoms with Crippen LogP contribution in [0.3, 0.4) is 0 Å². The number of nitrogens with one attached hydrogen (secondary N) is 3. The summed E-state index contributed by atoms with van der Waals surface area (Å²) in [6.07, 6.45) is -31.4. The fraction of sp³-hybridized carbons (Fsp3) is 0.844. The molecule has 0 spiro atoms. The first-order valence-corrected chi connectivity index (χ1v) is 18.0. The Kier molecular flexibility index (Phi) is 16.0. The molecule has 4 heterocycles. The average Bonchev–Trinajstić information content (AvgIpc) is 3.14. The van der Waals surface area contributed by atoms with Crippen LogP contribution in [0.15, 0.2) is 0 Å². The zero-order chi connectivity index (χ0) is 42.6. The minimum atomic E-state index is -2.24. The zero-order valence-corrected chi connectivity index (χ0v) is 31.2. The molecule has 57 heavy (non-hydrogen) atoms. The van der Waals surface area contributed by atoms with Gasteiger partial charge in [0.2, 0.25) is 17.7 Å². The first kappa shape index (κ1) is 46.4. The predicted molar refractivity (Wildman–Crippen MR) is 179 cm³/mol. The van der Waals surface area contributed by atoms with Gasteiger partial charge in [-0.1, -0.05) is 6.92 Å². The minimum absolute atomic E-state index is 0.358. The number of aliphatic hydroxyl groups excluding tert-OH is 7. The summed E-state index contributed by atoms with van der Waals surface area (Å²) in [4.78, 5) is 61.1. The van der Waals surface area contributed by atoms with Crippen LogP contribution in [0.25, 0.3) is 0 Å². The van der Waals surface area contributed by atoms with E-state index < -0.39 is 165 Å². The molecule has 0 bridgehead atoms. The fourth-order valence-electron chi connectivity index (χ4n) is 7.21. The van der Waals surface area contributed by atoms with Gasteiger partial charge in [-0.15, -0.1) is 0 Å². The number of rotatable bonds is 14. The van der Waals surface area contributed by atoms with Crippen molar-refractivity contribution in [3.8, 4) is 0 Å². The second-order valence-electron chi connectivity index (χ2n) is 14.3. The smallest absolute Gasteiger partial charge is 0.335 e. The standard InChI is InChI=1S/C32H52N4O21/c1-8-17(41)21(45)31(53-23(8)28(47)48)55-25-16(35-11(4)39)30(52-12(18(25)42)5-6-14(40)36-33)56-26-20(44)22(46)32(57-27(26)29(49)50)54-24-15(34-10(3)38)9(2)51-13(7-37)19(24)43/h8-9,12-13,15-27,30-32,37,41-46H,5-7,33H2,1-4H3,(H,34,38)(H,35,39)(H,36,40)(H,47,48)(H,49,50)/t8-,9-,12?,13?,15?,16?,17-,18+,19+,20+,21?,22?,23?,24+,25+,26-,27?,30-,31-,32+/m0/s1. The van der Waals surface area contributed by atoms with Gasteiger partial charge >= 0.3 is 11.9 Å². The van der Waals surface area contributed by atoms with Crippen molar-refractivity contribution in [2.24, 2.45) is 11.8 Å². The molecule has 4 aliphatic rings. The highest BCUT2D eigenvalue weighted by Crippen LogP contribution is 2.36. The van der Waals surface area contributed by atoms with Crippen LogP contribution in [0.4, 0.5) is 0 Å². The van der Waals surface area contributed by atoms with Crippen molar-refractivity contribution in [2.45, 2.75) is 157 Å². The Bertz CT molecular complexity index is 1430. The molecular formula is C32H52N4O21. The van der Waals surface area contributed by atoms with Crippen molar-refractivity contribution in [3.05, 3.63) is 0 Å². The second kappa shape index (κ2) is 19.7. The van der Waals surface area contributed by atoms with Crippen LogP contribution >= 0.6 is 0 Å². The lowest BCUT2D eigenvalue weighted by Crippen LogP contribution is -2.70. The molecule has 0 aromatic heterocycles. The molecular weight excluding hydrogens is 776 g/mol. The minimum Gasteiger partial charge on any atom is -0.479 e. The van der Waals surface area contributed by atoms with Crippen molar-refractivity contribution >= 4 is 29.7 Å². The van der Waals surface area contributed by atoms with E-state index in [4.69, 9.17) is 39.0 Å². The Morgan fingerprint density at radius 1 is 0.614 bits per heavy atom. The molecule has 20 atom stereocenters. The van der Waals surface area contributed by atoms with Crippen molar-refractivity contribution in [2.75, 3.05) is 6.61 Å². The van der Waals surface area contributed by atoms with E-state index in [2.05, 4.69) is 10.6 Å². The summed E-state index contributed by atoms with van der Waals surface area (Å²) in [5.41, 5.74) is 1.88. The topological polar surface area (TPSA) is 394 Å². The third kappa shape index (κ3) is 10.5. The summed E-state index contributed by atoms with van der Waals surface area (Å²) >= 11 is 0. The molecule has 4 saturated heterocycles. The maximum Gasteiger partial charge on any atom is 0.335 e. The summed E-state index contributed by atoms with van der Waals surface area (Å²) in [6.45, 7) is 4.23. The van der Waals surface area contributed by atoms with E-state index in [9.17, 15) is 69.9 Å². The SMILES string of the molecule is CC(=O)NC1[C@H](O[C@@H]2C(C(=O)O)O[C@@H](O[C@@H]3C(NC(C)=O)[C@H](C)OC(CO)[C@H]3O)C(O)[C@H]2O)OC(CCC(=O)NN)[C@@H](O)[C@@H]1O[C@@H]1OC(C(=O)O)[C@@H](C)[C@H](O)C1O. The van der Waals surface area contributed by atoms with Crippen molar-refractivity contribution in [3.63, 3.8) is 0 Å². The van der Waals surface area contributed by atoms with Crippen LogP contribution in [0.1, 0.15) is 40.5 Å². The Morgan fingerprint density at radius 2 is 1.11 bits per heavy atom. The Labute approximate surface area is 324 Å². The highest BCUT2D eigenvalue weighted by molar-refractivity contribution is 5.75. The predicted octanol–water partition coefficient (Wildman–Crippen LogP) is -7.15. The van der Waals surface area contributed by atoms with Gasteiger partial charge < -0.3 is 89.8 Å². The number of carbonyl (C=O) groups is 5. The Morgan fingerprint density at radius 3 is 1.63 bits per heavy atom. The third-order valence-corrected chi connectivity index (χ3v) is 10.2. The molecule has 4 fully saturated rings. The lowest BCUT2D eigenvalue weighted by Gasteiger charge is -2.50. The highest BCUT2D eigenvalue weighted by atomic mass is 16.8. The molecule has 25 nitrogen and oxygen atoms in total. The van der Waals surface area contributed by atoms with E-state index in [1.807, 2.05) is 5.43 Å². The number of amides is 3. The number of hydrogen-bond donors (Lipinski definition) is 13. The van der Waals surface area contributed by atoms with E-state index in [1.165, 1.54) is 13.8 Å². The van der Waals surface area contributed by atoms with Crippen molar-refractivity contribution < 1.29 is 103 Å². The summed E-state index contributed by atoms with van der Waals surface area (Å²) in [5.74, 6) is -1.45. The number of carboxylic acid groups (broad SMARTS) is 2. The first-order valence-electron chi connectivity index (χ1n) is 18.0. The molecule has 0 aromatic rings. The maximum atomic E-state index is 12.7. The van der Waals surface area contributed by atoms with Gasteiger partial charge in [0.25, 0.3) is 0 Å². The van der Waals surface area contributed by atoms with Crippen molar-refractivity contribution in [1.29, 1.82) is 0 Å². The molecule has 326 valence electrons. The normalized spacial score (nSPS) is 43.7. The van der Waals surface area contributed by atoms with E-state index in [0.29, 0.717) is 0 Å². The van der Waals surface area contributed by atoms with Gasteiger partial charge in [-0.05, 0) is 13.3 Å². The number of ether oxygens (including phenoxy) is 7. The number of hydrogen-bond acceptors (Lipinski definition) is 20. The third-order valence-electron chi connectivity index (χ3n) is 10.2. The summed E-state index contributed by atoms with van der Waals surface area (Å²) in [5, 5.41) is 101. The van der Waals surface area contributed by atoms with Gasteiger partial charge in [0.1, 0.15) is 61.0 Å². The molecule has 0 aromatic carbocycles. The average molecular weight is 829 g/mol. The Hall–Kier alpha value is -3.25. The van der Waals surface area contributed by atoms with Crippen LogP contribution in [-0.4, -0.2) is 199 Å². The maximum absolute atomic E-state index is 12.7. The number of carbonyl (C=O) groups excluding carboxylic acids is 3. The molecule has 4 rings (SSSR count). The van der Waals surface area contributed by atoms with E-state index in [0.717, 1.165) is 13.8 Å². The van der Waals surface area contributed by atoms with Gasteiger partial charge in [0.05, 0.1) is 31.0 Å². The number of nitrogens with two attached hydrogens (primary N) is 1. The fourth-order valence-corrected chi connectivity index (χ4v) is 7.21. The van der Waals surface area contributed by atoms with Crippen LogP contribution in [0.5, 0.6) is 0 Å². The van der Waals surface area contributed by atoms with E-state index in [1.54, 1.807) is 0 Å². The molecule has 0 aliphatic carbocycles. The van der Waals surface area contributed by atoms with Gasteiger partial charge in [-0.2, -0.15) is 0 Å². The summed E-state index contributed by atoms with van der Waals surface area (Å²) < 4.78 is 40.0. The first-order chi connectivity index (χ1) is 26.7. The summed E-state index contributed by atoms with van der Waals surface area (Å²) in [6, 6.07) is -2.86. The lowest BCUT2D eigenvalue weighted by atomic mass is 9.90. The zero-order valence-electron chi connectivity index (χ0n) is 31.2. The second-order valence-corrected chi connectivity index (χ2v) is 14.3. The van der Waals surface area contributed by atoms with Gasteiger partial charge in [-0.25, -0.2) is 15.4 Å². The van der Waals surface area contributed by atoms with Gasteiger partial charge in [0, 0.05) is 26.2 Å². The molecule has 25 heteroatoms. The highest BCUT2D eigenvalue weighted by Gasteiger charge is 2.57. The van der Waals surface area contributed by atoms with Crippen molar-refractivity contribution in [1.82, 2.24) is 16.1 Å². The van der Waals surface area contributed by atoms with E-state index in [-0.39, 0.29) is 6.42 Å². The lowest BCUT2D eigenvalue weighted by molar-refractivity contribution is -0.364. The molecule has 0 radical (unpaired) electrons. The molecule has 0 saturated carbocycles. The monoisotopic (exact) mass is 828 g/mol. The van der Waals surface area contributed by atoms with Crippen LogP contribution < -0.4 is 21.9 Å². The number of aliphatic carboxylic acids is 2. The molecule has 8 unspecified atom stereocenters. The largest absolute Gasteiger partial charge is 0.479 e. The number of carboxylic acids is 2. The van der Waals surface area contributed by atoms with Crippen LogP contribution in [0.2, 0.25) is 0 Å². The van der Waals surface area contributed by atoms with Crippen LogP contribution in [0, 0.1) is 5.92 Å². The van der Waals surface area contributed by atoms with Gasteiger partial charge in [-0.3, -0.25) is 19.8 Å². The Balaban J connectivity index is 1.67. The van der Waals surface area contributed by atoms with Crippen LogP contribution in [-0.2, 0) is 57.1 Å². The number of aliphatic hydroxyl groups is 7. The molecule has 14 N–H and O–H groups in total. The summed E-state index contributed by atoms with van der Waals surface area (Å²) in [7, 11) is 0. The quantitative estimate of drug-likeness (QED) is 0.0439.